The zero-order chi connectivity index (χ0) is 15.1. The summed E-state index contributed by atoms with van der Waals surface area (Å²) in [7, 11) is 0. The molecule has 2 fully saturated rings. The van der Waals surface area contributed by atoms with Gasteiger partial charge in [-0.2, -0.15) is 5.10 Å². The summed E-state index contributed by atoms with van der Waals surface area (Å²) in [4.78, 5) is 16.6. The van der Waals surface area contributed by atoms with E-state index in [-0.39, 0.29) is 5.91 Å². The molecule has 0 saturated heterocycles. The molecule has 1 amide bonds. The van der Waals surface area contributed by atoms with E-state index in [1.807, 2.05) is 12.3 Å². The number of carbonyl (C=O) groups excluding carboxylic acids is 1. The topological polar surface area (TPSA) is 75.6 Å². The summed E-state index contributed by atoms with van der Waals surface area (Å²) in [5.74, 6) is 2.28. The van der Waals surface area contributed by atoms with Gasteiger partial charge in [0.2, 0.25) is 0 Å². The molecule has 6 heteroatoms. The molecule has 0 atom stereocenters. The third-order valence-electron chi connectivity index (χ3n) is 4.50. The number of aromatic amines is 1. The summed E-state index contributed by atoms with van der Waals surface area (Å²) < 4.78 is 2.22. The van der Waals surface area contributed by atoms with Gasteiger partial charge in [0.25, 0.3) is 5.91 Å². The second-order valence-corrected chi connectivity index (χ2v) is 6.42. The van der Waals surface area contributed by atoms with Gasteiger partial charge in [-0.05, 0) is 38.7 Å². The SMILES string of the molecule is Cc1cnc(C2CC2)n1CCNC(=O)c1cc(C2CC2)[nH]n1. The van der Waals surface area contributed by atoms with E-state index in [9.17, 15) is 4.79 Å². The number of aromatic nitrogens is 4. The van der Waals surface area contributed by atoms with Crippen LogP contribution in [0.2, 0.25) is 0 Å². The fourth-order valence-corrected chi connectivity index (χ4v) is 2.87. The lowest BCUT2D eigenvalue weighted by Gasteiger charge is -2.10. The number of H-pyrrole nitrogens is 1. The third-order valence-corrected chi connectivity index (χ3v) is 4.50. The van der Waals surface area contributed by atoms with Gasteiger partial charge in [0.1, 0.15) is 11.5 Å². The quantitative estimate of drug-likeness (QED) is 0.857. The Morgan fingerprint density at radius 3 is 2.86 bits per heavy atom. The van der Waals surface area contributed by atoms with Crippen molar-refractivity contribution in [3.8, 4) is 0 Å². The number of aryl methyl sites for hydroxylation is 1. The van der Waals surface area contributed by atoms with Gasteiger partial charge in [-0.3, -0.25) is 9.89 Å². The molecule has 2 aliphatic rings. The molecule has 0 bridgehead atoms. The minimum absolute atomic E-state index is 0.103. The molecule has 2 saturated carbocycles. The number of carbonyl (C=O) groups is 1. The number of amides is 1. The second-order valence-electron chi connectivity index (χ2n) is 6.42. The van der Waals surface area contributed by atoms with E-state index in [0.717, 1.165) is 17.9 Å². The molecule has 0 spiro atoms. The van der Waals surface area contributed by atoms with Gasteiger partial charge >= 0.3 is 0 Å². The molecule has 0 radical (unpaired) electrons. The molecule has 2 heterocycles. The van der Waals surface area contributed by atoms with Crippen LogP contribution in [0.4, 0.5) is 0 Å². The van der Waals surface area contributed by atoms with Gasteiger partial charge in [0, 0.05) is 42.5 Å². The maximum absolute atomic E-state index is 12.1. The van der Waals surface area contributed by atoms with Crippen molar-refractivity contribution in [3.63, 3.8) is 0 Å². The Bertz CT molecular complexity index is 693. The molecule has 6 nitrogen and oxygen atoms in total. The van der Waals surface area contributed by atoms with E-state index in [0.29, 0.717) is 24.1 Å². The van der Waals surface area contributed by atoms with Gasteiger partial charge in [0.05, 0.1) is 0 Å². The molecule has 4 rings (SSSR count). The molecule has 116 valence electrons. The van der Waals surface area contributed by atoms with Crippen molar-refractivity contribution in [3.05, 3.63) is 35.2 Å². The van der Waals surface area contributed by atoms with Crippen LogP contribution in [0.5, 0.6) is 0 Å². The van der Waals surface area contributed by atoms with Crippen molar-refractivity contribution in [1.29, 1.82) is 0 Å². The van der Waals surface area contributed by atoms with Gasteiger partial charge in [0.15, 0.2) is 0 Å². The maximum Gasteiger partial charge on any atom is 0.271 e. The van der Waals surface area contributed by atoms with E-state index in [4.69, 9.17) is 0 Å². The minimum Gasteiger partial charge on any atom is -0.349 e. The first-order valence-corrected chi connectivity index (χ1v) is 8.08. The average Bonchev–Trinajstić information content (AvgIpc) is 3.44. The monoisotopic (exact) mass is 299 g/mol. The Labute approximate surface area is 129 Å². The highest BCUT2D eigenvalue weighted by Gasteiger charge is 2.29. The Kier molecular flexibility index (Phi) is 3.24. The van der Waals surface area contributed by atoms with Crippen molar-refractivity contribution >= 4 is 5.91 Å². The van der Waals surface area contributed by atoms with Gasteiger partial charge in [-0.15, -0.1) is 0 Å². The molecule has 2 aromatic rings. The van der Waals surface area contributed by atoms with Gasteiger partial charge in [-0.1, -0.05) is 0 Å². The molecule has 0 aromatic carbocycles. The summed E-state index contributed by atoms with van der Waals surface area (Å²) in [6, 6.07) is 1.88. The van der Waals surface area contributed by atoms with E-state index in [2.05, 4.69) is 32.0 Å². The van der Waals surface area contributed by atoms with Crippen molar-refractivity contribution in [2.24, 2.45) is 0 Å². The van der Waals surface area contributed by atoms with Crippen LogP contribution in [-0.4, -0.2) is 32.2 Å². The predicted octanol–water partition coefficient (Wildman–Crippen LogP) is 2.10. The highest BCUT2D eigenvalue weighted by Crippen LogP contribution is 2.39. The van der Waals surface area contributed by atoms with Crippen molar-refractivity contribution < 1.29 is 4.79 Å². The summed E-state index contributed by atoms with van der Waals surface area (Å²) in [6.07, 6.45) is 6.80. The lowest BCUT2D eigenvalue weighted by molar-refractivity contribution is 0.0947. The van der Waals surface area contributed by atoms with Crippen LogP contribution in [0.25, 0.3) is 0 Å². The smallest absolute Gasteiger partial charge is 0.271 e. The van der Waals surface area contributed by atoms with E-state index < -0.39 is 0 Å². The molecule has 2 aromatic heterocycles. The fraction of sp³-hybridized carbons (Fsp3) is 0.562. The lowest BCUT2D eigenvalue weighted by atomic mass is 10.2. The number of hydrogen-bond donors (Lipinski definition) is 2. The number of hydrogen-bond acceptors (Lipinski definition) is 3. The summed E-state index contributed by atoms with van der Waals surface area (Å²) in [6.45, 7) is 3.43. The van der Waals surface area contributed by atoms with Crippen LogP contribution in [0.1, 0.15) is 65.2 Å². The van der Waals surface area contributed by atoms with Crippen LogP contribution in [0.15, 0.2) is 12.3 Å². The maximum atomic E-state index is 12.1. The molecule has 2 N–H and O–H groups in total. The normalized spacial score (nSPS) is 17.7. The number of nitrogens with zero attached hydrogens (tertiary/aromatic N) is 3. The lowest BCUT2D eigenvalue weighted by Crippen LogP contribution is -2.28. The minimum atomic E-state index is -0.103. The number of rotatable bonds is 6. The van der Waals surface area contributed by atoms with Crippen molar-refractivity contribution in [2.45, 2.75) is 51.0 Å². The van der Waals surface area contributed by atoms with Gasteiger partial charge < -0.3 is 9.88 Å². The van der Waals surface area contributed by atoms with Crippen LogP contribution >= 0.6 is 0 Å². The second kappa shape index (κ2) is 5.26. The highest BCUT2D eigenvalue weighted by molar-refractivity contribution is 5.92. The Morgan fingerprint density at radius 1 is 1.36 bits per heavy atom. The molecular weight excluding hydrogens is 278 g/mol. The van der Waals surface area contributed by atoms with Crippen molar-refractivity contribution in [1.82, 2.24) is 25.1 Å². The number of imidazole rings is 1. The highest BCUT2D eigenvalue weighted by atomic mass is 16.1. The van der Waals surface area contributed by atoms with E-state index in [1.54, 1.807) is 0 Å². The average molecular weight is 299 g/mol. The number of nitrogens with one attached hydrogen (secondary N) is 2. The van der Waals surface area contributed by atoms with Crippen LogP contribution < -0.4 is 5.32 Å². The Hall–Kier alpha value is -2.11. The first kappa shape index (κ1) is 13.5. The molecule has 22 heavy (non-hydrogen) atoms. The van der Waals surface area contributed by atoms with Crippen LogP contribution in [-0.2, 0) is 6.54 Å². The van der Waals surface area contributed by atoms with E-state index in [1.165, 1.54) is 31.5 Å². The zero-order valence-corrected chi connectivity index (χ0v) is 12.8. The largest absolute Gasteiger partial charge is 0.349 e. The fourth-order valence-electron chi connectivity index (χ4n) is 2.87. The Morgan fingerprint density at radius 2 is 2.14 bits per heavy atom. The first-order chi connectivity index (χ1) is 10.7. The summed E-state index contributed by atoms with van der Waals surface area (Å²) >= 11 is 0. The first-order valence-electron chi connectivity index (χ1n) is 8.08. The molecule has 0 unspecified atom stereocenters. The van der Waals surface area contributed by atoms with Crippen LogP contribution in [0.3, 0.4) is 0 Å². The molecule has 0 aliphatic heterocycles. The predicted molar refractivity (Wildman–Crippen MR) is 81.8 cm³/mol. The standard InChI is InChI=1S/C16H21N5O/c1-10-9-18-15(12-4-5-12)21(10)7-6-17-16(22)14-8-13(19-20-14)11-2-3-11/h8-9,11-12H,2-7H2,1H3,(H,17,22)(H,19,20). The molecular formula is C16H21N5O. The summed E-state index contributed by atoms with van der Waals surface area (Å²) in [5.41, 5.74) is 2.74. The van der Waals surface area contributed by atoms with Gasteiger partial charge in [-0.25, -0.2) is 4.98 Å². The molecule has 2 aliphatic carbocycles. The zero-order valence-electron chi connectivity index (χ0n) is 12.8. The summed E-state index contributed by atoms with van der Waals surface area (Å²) in [5, 5.41) is 10.0. The van der Waals surface area contributed by atoms with Crippen molar-refractivity contribution in [2.75, 3.05) is 6.54 Å². The van der Waals surface area contributed by atoms with Crippen LogP contribution in [0, 0.1) is 6.92 Å². The Balaban J connectivity index is 1.34. The van der Waals surface area contributed by atoms with E-state index >= 15 is 0 Å². The third kappa shape index (κ3) is 2.65.